The van der Waals surface area contributed by atoms with E-state index in [-0.39, 0.29) is 0 Å². The molecular formula is C22H41N8O11P. The molecule has 7 amide bonds. The zero-order valence-corrected chi connectivity index (χ0v) is 25.2. The lowest BCUT2D eigenvalue weighted by atomic mass is 10.1. The highest BCUT2D eigenvalue weighted by molar-refractivity contribution is 7.46. The van der Waals surface area contributed by atoms with Crippen LogP contribution in [0.3, 0.4) is 0 Å². The maximum atomic E-state index is 13.0. The van der Waals surface area contributed by atoms with Gasteiger partial charge in [0.2, 0.25) is 41.4 Å². The molecule has 0 bridgehead atoms. The second-order valence-corrected chi connectivity index (χ2v) is 10.8. The Morgan fingerprint density at radius 2 is 0.881 bits per heavy atom. The van der Waals surface area contributed by atoms with Gasteiger partial charge in [-0.1, -0.05) is 0 Å². The summed E-state index contributed by atoms with van der Waals surface area (Å²) in [7, 11) is -5.15. The third-order valence-electron chi connectivity index (χ3n) is 5.56. The standard InChI is InChI=1S/C22H41N8O11P/c1-8(23)17(32)26-10(3)19(34)28-13(6)21(36)30-15(14(7)41-42(38,39)40)22(37)29-12(5)20(35)27-11(4)18(33)25-9(2)16(24)31/h8-15H,23H2,1-7H3,(H2,24,31)(H,25,33)(H,26,32)(H,27,35)(H,28,34)(H,29,37)(H,30,36)(H2,38,39,40)/t8-,9-,10-,11-,12-,13-,14+,15-/m0/s1. The van der Waals surface area contributed by atoms with Crippen molar-refractivity contribution in [3.63, 3.8) is 0 Å². The van der Waals surface area contributed by atoms with Gasteiger partial charge in [-0.2, -0.15) is 0 Å². The molecule has 8 atom stereocenters. The van der Waals surface area contributed by atoms with Crippen molar-refractivity contribution < 1.29 is 52.4 Å². The first kappa shape index (κ1) is 38.4. The van der Waals surface area contributed by atoms with Crippen LogP contribution in [0.25, 0.3) is 0 Å². The average Bonchev–Trinajstić information content (AvgIpc) is 2.84. The number of phosphoric ester groups is 1. The largest absolute Gasteiger partial charge is 0.469 e. The van der Waals surface area contributed by atoms with Gasteiger partial charge in [-0.25, -0.2) is 4.57 Å². The topological polar surface area (TPSA) is 310 Å². The molecule has 0 aromatic rings. The van der Waals surface area contributed by atoms with Crippen LogP contribution in [0, 0.1) is 0 Å². The maximum absolute atomic E-state index is 13.0. The van der Waals surface area contributed by atoms with E-state index in [1.165, 1.54) is 41.5 Å². The summed E-state index contributed by atoms with van der Waals surface area (Å²) in [4.78, 5) is 104. The minimum Gasteiger partial charge on any atom is -0.368 e. The fourth-order valence-electron chi connectivity index (χ4n) is 2.95. The van der Waals surface area contributed by atoms with Gasteiger partial charge >= 0.3 is 7.82 Å². The number of rotatable bonds is 16. The van der Waals surface area contributed by atoms with Crippen LogP contribution in [0.1, 0.15) is 48.5 Å². The van der Waals surface area contributed by atoms with Gasteiger partial charge in [0.1, 0.15) is 36.3 Å². The molecule has 12 N–H and O–H groups in total. The van der Waals surface area contributed by atoms with Crippen LogP contribution in [0.5, 0.6) is 0 Å². The molecule has 20 heteroatoms. The van der Waals surface area contributed by atoms with Crippen LogP contribution in [-0.4, -0.2) is 99.5 Å². The molecular weight excluding hydrogens is 583 g/mol. The summed E-state index contributed by atoms with van der Waals surface area (Å²) in [5.74, 6) is -5.91. The smallest absolute Gasteiger partial charge is 0.368 e. The van der Waals surface area contributed by atoms with Crippen LogP contribution in [0.2, 0.25) is 0 Å². The van der Waals surface area contributed by atoms with E-state index < -0.39 is 97.6 Å². The lowest BCUT2D eigenvalue weighted by molar-refractivity contribution is -0.136. The predicted molar refractivity (Wildman–Crippen MR) is 145 cm³/mol. The van der Waals surface area contributed by atoms with E-state index in [1.54, 1.807) is 0 Å². The number of carbonyl (C=O) groups excluding carboxylic acids is 7. The third-order valence-corrected chi connectivity index (χ3v) is 6.17. The van der Waals surface area contributed by atoms with Crippen molar-refractivity contribution in [2.45, 2.75) is 96.9 Å². The highest BCUT2D eigenvalue weighted by atomic mass is 31.2. The number of amides is 7. The van der Waals surface area contributed by atoms with Gasteiger partial charge in [-0.05, 0) is 48.5 Å². The Morgan fingerprint density at radius 1 is 0.571 bits per heavy atom. The van der Waals surface area contributed by atoms with Gasteiger partial charge in [0.05, 0.1) is 12.1 Å². The van der Waals surface area contributed by atoms with Crippen LogP contribution < -0.4 is 43.4 Å². The molecule has 0 spiro atoms. The monoisotopic (exact) mass is 624 g/mol. The quantitative estimate of drug-likeness (QED) is 0.0725. The molecule has 0 aromatic carbocycles. The van der Waals surface area contributed by atoms with Crippen molar-refractivity contribution in [3.05, 3.63) is 0 Å². The average molecular weight is 625 g/mol. The first-order valence-electron chi connectivity index (χ1n) is 12.7. The Labute approximate surface area is 242 Å². The van der Waals surface area contributed by atoms with Crippen LogP contribution in [0.15, 0.2) is 0 Å². The zero-order chi connectivity index (χ0) is 33.1. The second kappa shape index (κ2) is 16.7. The molecule has 0 saturated heterocycles. The Kier molecular flexibility index (Phi) is 15.3. The van der Waals surface area contributed by atoms with Gasteiger partial charge < -0.3 is 53.2 Å². The van der Waals surface area contributed by atoms with Crippen molar-refractivity contribution in [3.8, 4) is 0 Å². The fraction of sp³-hybridized carbons (Fsp3) is 0.682. The van der Waals surface area contributed by atoms with E-state index in [0.717, 1.165) is 6.92 Å². The van der Waals surface area contributed by atoms with E-state index in [1.807, 2.05) is 0 Å². The van der Waals surface area contributed by atoms with Crippen molar-refractivity contribution >= 4 is 49.2 Å². The fourth-order valence-corrected chi connectivity index (χ4v) is 3.50. The third kappa shape index (κ3) is 13.8. The summed E-state index contributed by atoms with van der Waals surface area (Å²) in [6.07, 6.45) is -1.64. The van der Waals surface area contributed by atoms with Gasteiger partial charge in [-0.15, -0.1) is 0 Å². The number of phosphoric acid groups is 1. The van der Waals surface area contributed by atoms with Crippen molar-refractivity contribution in [2.24, 2.45) is 11.5 Å². The number of hydrogen-bond acceptors (Lipinski definition) is 10. The first-order valence-corrected chi connectivity index (χ1v) is 14.2. The van der Waals surface area contributed by atoms with Crippen LogP contribution >= 0.6 is 7.82 Å². The SMILES string of the molecule is C[C@H](N)C(=O)N[C@@H](C)C(=O)N[C@@H](C)C(=O)N[C@H](C(=O)N[C@@H](C)C(=O)N[C@@H](C)C(=O)N[C@@H](C)C(N)=O)[C@@H](C)OP(=O)(O)O. The lowest BCUT2D eigenvalue weighted by Gasteiger charge is -2.28. The van der Waals surface area contributed by atoms with Gasteiger partial charge in [0, 0.05) is 0 Å². The first-order chi connectivity index (χ1) is 19.1. The van der Waals surface area contributed by atoms with Crippen molar-refractivity contribution in [2.75, 3.05) is 0 Å². The summed E-state index contributed by atoms with van der Waals surface area (Å²) in [6.45, 7) is 8.89. The molecule has 19 nitrogen and oxygen atoms in total. The summed E-state index contributed by atoms with van der Waals surface area (Å²) < 4.78 is 15.9. The van der Waals surface area contributed by atoms with Gasteiger partial charge in [-0.3, -0.25) is 38.1 Å². The van der Waals surface area contributed by atoms with E-state index >= 15 is 0 Å². The maximum Gasteiger partial charge on any atom is 0.469 e. The molecule has 0 unspecified atom stereocenters. The summed E-state index contributed by atoms with van der Waals surface area (Å²) >= 11 is 0. The number of carbonyl (C=O) groups is 7. The number of nitrogens with one attached hydrogen (secondary N) is 6. The summed E-state index contributed by atoms with van der Waals surface area (Å²) in [5.41, 5.74) is 10.5. The molecule has 0 heterocycles. The predicted octanol–water partition coefficient (Wildman–Crippen LogP) is -4.67. The van der Waals surface area contributed by atoms with Gasteiger partial charge in [0.15, 0.2) is 0 Å². The zero-order valence-electron chi connectivity index (χ0n) is 24.3. The van der Waals surface area contributed by atoms with Crippen molar-refractivity contribution in [1.82, 2.24) is 31.9 Å². The highest BCUT2D eigenvalue weighted by Gasteiger charge is 2.35. The van der Waals surface area contributed by atoms with Crippen LogP contribution in [0.4, 0.5) is 0 Å². The molecule has 0 fully saturated rings. The molecule has 240 valence electrons. The number of primary amides is 1. The van der Waals surface area contributed by atoms with E-state index in [4.69, 9.17) is 11.5 Å². The number of nitrogens with two attached hydrogens (primary N) is 2. The second-order valence-electron chi connectivity index (χ2n) is 9.63. The Morgan fingerprint density at radius 3 is 1.21 bits per heavy atom. The number of hydrogen-bond donors (Lipinski definition) is 10. The Balaban J connectivity index is 5.51. The molecule has 42 heavy (non-hydrogen) atoms. The van der Waals surface area contributed by atoms with E-state index in [0.29, 0.717) is 0 Å². The summed E-state index contributed by atoms with van der Waals surface area (Å²) in [5, 5.41) is 13.6. The molecule has 0 saturated carbocycles. The van der Waals surface area contributed by atoms with E-state index in [2.05, 4.69) is 36.4 Å². The Bertz CT molecular complexity index is 1080. The molecule has 0 aliphatic heterocycles. The normalized spacial score (nSPS) is 17.0. The minimum absolute atomic E-state index is 0.622. The highest BCUT2D eigenvalue weighted by Crippen LogP contribution is 2.38. The lowest BCUT2D eigenvalue weighted by Crippen LogP contribution is -2.60. The molecule has 0 aliphatic carbocycles. The van der Waals surface area contributed by atoms with Crippen LogP contribution in [-0.2, 0) is 42.7 Å². The minimum atomic E-state index is -5.15. The molecule has 0 aromatic heterocycles. The van der Waals surface area contributed by atoms with Crippen molar-refractivity contribution in [1.29, 1.82) is 0 Å². The van der Waals surface area contributed by atoms with E-state index in [9.17, 15) is 47.9 Å². The molecule has 0 rings (SSSR count). The van der Waals surface area contributed by atoms with Gasteiger partial charge in [0.25, 0.3) is 0 Å². The summed E-state index contributed by atoms with van der Waals surface area (Å²) in [6, 6.07) is -8.59. The molecule has 0 aliphatic rings. The molecule has 0 radical (unpaired) electrons. The Hall–Kier alpha value is -3.64.